The van der Waals surface area contributed by atoms with Crippen LogP contribution in [0.15, 0.2) is 48.5 Å². The molecule has 0 saturated carbocycles. The predicted octanol–water partition coefficient (Wildman–Crippen LogP) is 2.37. The molecule has 0 aliphatic carbocycles. The molecule has 0 radical (unpaired) electrons. The van der Waals surface area contributed by atoms with Crippen molar-refractivity contribution in [2.24, 2.45) is 0 Å². The second kappa shape index (κ2) is 7.97. The molecule has 0 aromatic heterocycles. The van der Waals surface area contributed by atoms with Crippen LogP contribution in [-0.4, -0.2) is 24.4 Å². The average molecular weight is 300 g/mol. The summed E-state index contributed by atoms with van der Waals surface area (Å²) in [4.78, 5) is 0. The number of quaternary nitrogens is 1. The number of aliphatic hydroxyl groups excluding tert-OH is 1. The minimum atomic E-state index is -0.481. The summed E-state index contributed by atoms with van der Waals surface area (Å²) in [5.74, 6) is 0.887. The van der Waals surface area contributed by atoms with Gasteiger partial charge in [-0.1, -0.05) is 48.5 Å². The van der Waals surface area contributed by atoms with Gasteiger partial charge < -0.3 is 15.2 Å². The molecule has 0 fully saturated rings. The van der Waals surface area contributed by atoms with Gasteiger partial charge in [0.15, 0.2) is 0 Å². The van der Waals surface area contributed by atoms with Crippen LogP contribution in [0.1, 0.15) is 29.7 Å². The minimum Gasteiger partial charge on any atom is -0.490 e. The number of rotatable bonds is 7. The lowest BCUT2D eigenvalue weighted by Gasteiger charge is -2.17. The Balaban J connectivity index is 1.80. The highest BCUT2D eigenvalue weighted by Gasteiger charge is 2.13. The zero-order chi connectivity index (χ0) is 15.9. The van der Waals surface area contributed by atoms with Crippen molar-refractivity contribution in [1.82, 2.24) is 0 Å². The third-order valence-electron chi connectivity index (χ3n) is 3.92. The van der Waals surface area contributed by atoms with Crippen molar-refractivity contribution >= 4 is 0 Å². The van der Waals surface area contributed by atoms with Gasteiger partial charge in [-0.3, -0.25) is 0 Å². The van der Waals surface area contributed by atoms with Gasteiger partial charge in [-0.05, 0) is 31.9 Å². The van der Waals surface area contributed by atoms with Crippen LogP contribution < -0.4 is 10.1 Å². The van der Waals surface area contributed by atoms with Gasteiger partial charge in [-0.2, -0.15) is 0 Å². The Kier molecular flexibility index (Phi) is 5.99. The van der Waals surface area contributed by atoms with Crippen molar-refractivity contribution in [3.8, 4) is 5.75 Å². The second-order valence-corrected chi connectivity index (χ2v) is 5.86. The molecule has 2 rings (SSSR count). The van der Waals surface area contributed by atoms with Crippen LogP contribution in [0.3, 0.4) is 0 Å². The van der Waals surface area contributed by atoms with Gasteiger partial charge in [0, 0.05) is 5.56 Å². The molecule has 22 heavy (non-hydrogen) atoms. The zero-order valence-corrected chi connectivity index (χ0v) is 13.6. The molecule has 0 amide bonds. The van der Waals surface area contributed by atoms with E-state index in [1.54, 1.807) is 0 Å². The fraction of sp³-hybridized carbons (Fsp3) is 0.368. The Hall–Kier alpha value is -1.84. The Morgan fingerprint density at radius 3 is 2.27 bits per heavy atom. The van der Waals surface area contributed by atoms with E-state index in [0.29, 0.717) is 19.2 Å². The maximum atomic E-state index is 10.1. The van der Waals surface area contributed by atoms with Crippen molar-refractivity contribution in [2.45, 2.75) is 32.9 Å². The highest BCUT2D eigenvalue weighted by Crippen LogP contribution is 2.22. The van der Waals surface area contributed by atoms with E-state index in [4.69, 9.17) is 4.74 Å². The van der Waals surface area contributed by atoms with Crippen molar-refractivity contribution in [1.29, 1.82) is 0 Å². The summed E-state index contributed by atoms with van der Waals surface area (Å²) in [5, 5.41) is 12.3. The van der Waals surface area contributed by atoms with Gasteiger partial charge in [0.1, 0.15) is 31.0 Å². The van der Waals surface area contributed by atoms with Gasteiger partial charge in [0.05, 0.1) is 0 Å². The van der Waals surface area contributed by atoms with Crippen molar-refractivity contribution in [2.75, 3.05) is 13.2 Å². The molecule has 118 valence electrons. The van der Waals surface area contributed by atoms with Crippen molar-refractivity contribution in [3.63, 3.8) is 0 Å². The fourth-order valence-electron chi connectivity index (χ4n) is 2.53. The van der Waals surface area contributed by atoms with Gasteiger partial charge in [-0.15, -0.1) is 0 Å². The first-order valence-electron chi connectivity index (χ1n) is 7.83. The standard InChI is InChI=1S/C19H25NO2/c1-14-8-7-9-15(2)19(14)22-13-18(21)12-20-16(3)17-10-5-4-6-11-17/h4-11,16,18,20-21H,12-13H2,1-3H3/p+1/t16-,18-/m0/s1. The van der Waals surface area contributed by atoms with Crippen LogP contribution in [0.4, 0.5) is 0 Å². The van der Waals surface area contributed by atoms with E-state index < -0.39 is 6.10 Å². The number of ether oxygens (including phenoxy) is 1. The second-order valence-electron chi connectivity index (χ2n) is 5.86. The fourth-order valence-corrected chi connectivity index (χ4v) is 2.53. The molecule has 0 unspecified atom stereocenters. The summed E-state index contributed by atoms with van der Waals surface area (Å²) in [7, 11) is 0. The number of aryl methyl sites for hydroxylation is 2. The smallest absolute Gasteiger partial charge is 0.137 e. The lowest BCUT2D eigenvalue weighted by molar-refractivity contribution is -0.698. The monoisotopic (exact) mass is 300 g/mol. The molecule has 3 heteroatoms. The van der Waals surface area contributed by atoms with E-state index in [9.17, 15) is 5.11 Å². The molecule has 3 N–H and O–H groups in total. The molecule has 0 aliphatic heterocycles. The molecular weight excluding hydrogens is 274 g/mol. The molecule has 3 nitrogen and oxygen atoms in total. The van der Waals surface area contributed by atoms with Crippen LogP contribution in [0.25, 0.3) is 0 Å². The predicted molar refractivity (Wildman–Crippen MR) is 89.1 cm³/mol. The summed E-state index contributed by atoms with van der Waals surface area (Å²) in [5.41, 5.74) is 3.48. The number of para-hydroxylation sites is 1. The van der Waals surface area contributed by atoms with Crippen LogP contribution in [0, 0.1) is 13.8 Å². The Bertz CT molecular complexity index is 563. The molecular formula is C19H26NO2+. The number of hydrogen-bond acceptors (Lipinski definition) is 2. The largest absolute Gasteiger partial charge is 0.490 e. The number of nitrogens with two attached hydrogens (primary N) is 1. The first-order valence-corrected chi connectivity index (χ1v) is 7.83. The van der Waals surface area contributed by atoms with Crippen molar-refractivity contribution < 1.29 is 15.2 Å². The van der Waals surface area contributed by atoms with Gasteiger partial charge in [0.2, 0.25) is 0 Å². The summed E-state index contributed by atoms with van der Waals surface area (Å²) >= 11 is 0. The summed E-state index contributed by atoms with van der Waals surface area (Å²) in [6, 6.07) is 16.7. The summed E-state index contributed by atoms with van der Waals surface area (Å²) < 4.78 is 5.80. The summed E-state index contributed by atoms with van der Waals surface area (Å²) in [6.07, 6.45) is -0.481. The topological polar surface area (TPSA) is 46.1 Å². The Labute approximate surface area is 133 Å². The first kappa shape index (κ1) is 16.5. The third kappa shape index (κ3) is 4.58. The number of benzene rings is 2. The van der Waals surface area contributed by atoms with Crippen LogP contribution >= 0.6 is 0 Å². The molecule has 0 saturated heterocycles. The van der Waals surface area contributed by atoms with E-state index in [2.05, 4.69) is 24.4 Å². The maximum Gasteiger partial charge on any atom is 0.137 e. The lowest BCUT2D eigenvalue weighted by atomic mass is 10.1. The van der Waals surface area contributed by atoms with Gasteiger partial charge >= 0.3 is 0 Å². The molecule has 2 aromatic rings. The highest BCUT2D eigenvalue weighted by molar-refractivity contribution is 5.39. The normalized spacial score (nSPS) is 13.6. The molecule has 0 aliphatic rings. The molecule has 0 heterocycles. The molecule has 2 aromatic carbocycles. The zero-order valence-electron chi connectivity index (χ0n) is 13.6. The van der Waals surface area contributed by atoms with E-state index in [-0.39, 0.29) is 0 Å². The number of hydrogen-bond donors (Lipinski definition) is 2. The minimum absolute atomic E-state index is 0.323. The maximum absolute atomic E-state index is 10.1. The third-order valence-corrected chi connectivity index (χ3v) is 3.92. The number of aliphatic hydroxyl groups is 1. The van der Waals surface area contributed by atoms with Gasteiger partial charge in [-0.25, -0.2) is 0 Å². The van der Waals surface area contributed by atoms with Crippen LogP contribution in [0.5, 0.6) is 5.75 Å². The quantitative estimate of drug-likeness (QED) is 0.824. The van der Waals surface area contributed by atoms with E-state index in [1.165, 1.54) is 5.56 Å². The average Bonchev–Trinajstić information content (AvgIpc) is 2.53. The van der Waals surface area contributed by atoms with Crippen molar-refractivity contribution in [3.05, 3.63) is 65.2 Å². The van der Waals surface area contributed by atoms with Gasteiger partial charge in [0.25, 0.3) is 0 Å². The Morgan fingerprint density at radius 2 is 1.64 bits per heavy atom. The molecule has 0 bridgehead atoms. The molecule has 2 atom stereocenters. The van der Waals surface area contributed by atoms with Crippen LogP contribution in [0.2, 0.25) is 0 Å². The summed E-state index contributed by atoms with van der Waals surface area (Å²) in [6.45, 7) is 7.15. The van der Waals surface area contributed by atoms with Crippen LogP contribution in [-0.2, 0) is 0 Å². The lowest BCUT2D eigenvalue weighted by Crippen LogP contribution is -2.87. The first-order chi connectivity index (χ1) is 10.6. The SMILES string of the molecule is Cc1cccc(C)c1OC[C@@H](O)C[NH2+][C@@H](C)c1ccccc1. The highest BCUT2D eigenvalue weighted by atomic mass is 16.5. The Morgan fingerprint density at radius 1 is 1.00 bits per heavy atom. The van der Waals surface area contributed by atoms with E-state index >= 15 is 0 Å². The van der Waals surface area contributed by atoms with E-state index in [1.807, 2.05) is 50.2 Å². The molecule has 0 spiro atoms. The van der Waals surface area contributed by atoms with E-state index in [0.717, 1.165) is 16.9 Å².